The molecular formula is C17H20FNO2. The Morgan fingerprint density at radius 3 is 2.43 bits per heavy atom. The average Bonchev–Trinajstić information content (AvgIpc) is 2.47. The molecule has 2 aromatic rings. The molecule has 1 N–H and O–H groups in total. The predicted octanol–water partition coefficient (Wildman–Crippen LogP) is 4.02. The van der Waals surface area contributed by atoms with Gasteiger partial charge in [0, 0.05) is 6.54 Å². The van der Waals surface area contributed by atoms with Crippen molar-refractivity contribution in [1.29, 1.82) is 0 Å². The number of benzene rings is 2. The zero-order chi connectivity index (χ0) is 15.1. The molecular weight excluding hydrogens is 269 g/mol. The Bertz CT molecular complexity index is 587. The summed E-state index contributed by atoms with van der Waals surface area (Å²) in [6.07, 6.45) is 0. The highest BCUT2D eigenvalue weighted by molar-refractivity contribution is 5.46. The van der Waals surface area contributed by atoms with Gasteiger partial charge in [-0.05, 0) is 43.7 Å². The summed E-state index contributed by atoms with van der Waals surface area (Å²) < 4.78 is 24.8. The van der Waals surface area contributed by atoms with Crippen LogP contribution in [0.5, 0.6) is 11.5 Å². The summed E-state index contributed by atoms with van der Waals surface area (Å²) in [5.41, 5.74) is 1.39. The summed E-state index contributed by atoms with van der Waals surface area (Å²) in [7, 11) is 0. The van der Waals surface area contributed by atoms with Crippen LogP contribution in [0, 0.1) is 12.7 Å². The van der Waals surface area contributed by atoms with E-state index in [1.807, 2.05) is 44.2 Å². The van der Waals surface area contributed by atoms with Gasteiger partial charge in [0.15, 0.2) is 11.5 Å². The summed E-state index contributed by atoms with van der Waals surface area (Å²) in [5.74, 6) is 1.18. The van der Waals surface area contributed by atoms with E-state index in [4.69, 9.17) is 9.47 Å². The quantitative estimate of drug-likeness (QED) is 0.781. The molecule has 0 bridgehead atoms. The van der Waals surface area contributed by atoms with Crippen LogP contribution < -0.4 is 14.8 Å². The van der Waals surface area contributed by atoms with E-state index in [-0.39, 0.29) is 5.82 Å². The van der Waals surface area contributed by atoms with Crippen LogP contribution >= 0.6 is 0 Å². The van der Waals surface area contributed by atoms with E-state index in [2.05, 4.69) is 5.32 Å². The van der Waals surface area contributed by atoms with Crippen LogP contribution in [0.1, 0.15) is 12.5 Å². The standard InChI is InChI=1S/C17H20FNO2/c1-3-20-16-6-4-5-7-17(16)21-11-10-19-15-9-8-13(2)12-14(15)18/h4-9,12,19H,3,10-11H2,1-2H3. The molecule has 0 unspecified atom stereocenters. The van der Waals surface area contributed by atoms with E-state index >= 15 is 0 Å². The SMILES string of the molecule is CCOc1ccccc1OCCNc1ccc(C)cc1F. The Morgan fingerprint density at radius 1 is 1.05 bits per heavy atom. The van der Waals surface area contributed by atoms with Crippen LogP contribution in [0.2, 0.25) is 0 Å². The van der Waals surface area contributed by atoms with Crippen molar-refractivity contribution in [3.63, 3.8) is 0 Å². The fraction of sp³-hybridized carbons (Fsp3) is 0.294. The number of rotatable bonds is 7. The van der Waals surface area contributed by atoms with Crippen molar-refractivity contribution in [3.05, 3.63) is 53.8 Å². The third kappa shape index (κ3) is 4.38. The van der Waals surface area contributed by atoms with E-state index < -0.39 is 0 Å². The van der Waals surface area contributed by atoms with E-state index in [0.29, 0.717) is 31.2 Å². The van der Waals surface area contributed by atoms with E-state index in [0.717, 1.165) is 11.3 Å². The van der Waals surface area contributed by atoms with Crippen LogP contribution in [0.25, 0.3) is 0 Å². The lowest BCUT2D eigenvalue weighted by molar-refractivity contribution is 0.284. The van der Waals surface area contributed by atoms with E-state index in [1.165, 1.54) is 6.07 Å². The average molecular weight is 289 g/mol. The maximum absolute atomic E-state index is 13.6. The van der Waals surface area contributed by atoms with Crippen LogP contribution in [-0.4, -0.2) is 19.8 Å². The van der Waals surface area contributed by atoms with E-state index in [9.17, 15) is 4.39 Å². The lowest BCUT2D eigenvalue weighted by atomic mass is 10.2. The minimum absolute atomic E-state index is 0.246. The largest absolute Gasteiger partial charge is 0.490 e. The van der Waals surface area contributed by atoms with Gasteiger partial charge in [-0.2, -0.15) is 0 Å². The van der Waals surface area contributed by atoms with Gasteiger partial charge in [-0.1, -0.05) is 18.2 Å². The Balaban J connectivity index is 1.84. The molecule has 0 amide bonds. The number of ether oxygens (including phenoxy) is 2. The van der Waals surface area contributed by atoms with Crippen molar-refractivity contribution in [2.24, 2.45) is 0 Å². The van der Waals surface area contributed by atoms with Gasteiger partial charge in [0.2, 0.25) is 0 Å². The van der Waals surface area contributed by atoms with Crippen molar-refractivity contribution in [2.75, 3.05) is 25.1 Å². The second-order valence-corrected chi connectivity index (χ2v) is 4.64. The zero-order valence-electron chi connectivity index (χ0n) is 12.4. The number of hydrogen-bond acceptors (Lipinski definition) is 3. The van der Waals surface area contributed by atoms with Crippen LogP contribution in [0.4, 0.5) is 10.1 Å². The fourth-order valence-electron chi connectivity index (χ4n) is 1.95. The molecule has 0 aliphatic carbocycles. The number of hydrogen-bond donors (Lipinski definition) is 1. The minimum atomic E-state index is -0.246. The minimum Gasteiger partial charge on any atom is -0.490 e. The van der Waals surface area contributed by atoms with Gasteiger partial charge in [-0.3, -0.25) is 0 Å². The highest BCUT2D eigenvalue weighted by atomic mass is 19.1. The first-order valence-electron chi connectivity index (χ1n) is 7.05. The van der Waals surface area contributed by atoms with Gasteiger partial charge in [-0.25, -0.2) is 4.39 Å². The van der Waals surface area contributed by atoms with Crippen molar-refractivity contribution in [1.82, 2.24) is 0 Å². The molecule has 0 aliphatic heterocycles. The molecule has 0 saturated heterocycles. The normalized spacial score (nSPS) is 10.2. The number of aryl methyl sites for hydroxylation is 1. The highest BCUT2D eigenvalue weighted by Gasteiger charge is 2.04. The molecule has 3 nitrogen and oxygen atoms in total. The molecule has 0 aliphatic rings. The third-order valence-electron chi connectivity index (χ3n) is 2.95. The molecule has 0 aromatic heterocycles. The molecule has 0 saturated carbocycles. The number of para-hydroxylation sites is 2. The van der Waals surface area contributed by atoms with Crippen molar-refractivity contribution >= 4 is 5.69 Å². The summed E-state index contributed by atoms with van der Waals surface area (Å²) >= 11 is 0. The first-order chi connectivity index (χ1) is 10.2. The topological polar surface area (TPSA) is 30.5 Å². The van der Waals surface area contributed by atoms with Gasteiger partial charge >= 0.3 is 0 Å². The summed E-state index contributed by atoms with van der Waals surface area (Å²) in [4.78, 5) is 0. The fourth-order valence-corrected chi connectivity index (χ4v) is 1.95. The second-order valence-electron chi connectivity index (χ2n) is 4.64. The number of halogens is 1. The van der Waals surface area contributed by atoms with Gasteiger partial charge in [0.1, 0.15) is 12.4 Å². The van der Waals surface area contributed by atoms with Gasteiger partial charge < -0.3 is 14.8 Å². The van der Waals surface area contributed by atoms with Gasteiger partial charge in [0.05, 0.1) is 12.3 Å². The zero-order valence-corrected chi connectivity index (χ0v) is 12.4. The monoisotopic (exact) mass is 289 g/mol. The summed E-state index contributed by atoms with van der Waals surface area (Å²) in [6.45, 7) is 5.32. The Kier molecular flexibility index (Phi) is 5.43. The highest BCUT2D eigenvalue weighted by Crippen LogP contribution is 2.26. The molecule has 21 heavy (non-hydrogen) atoms. The summed E-state index contributed by atoms with van der Waals surface area (Å²) in [6, 6.07) is 12.6. The van der Waals surface area contributed by atoms with E-state index in [1.54, 1.807) is 6.07 Å². The Hall–Kier alpha value is -2.23. The molecule has 112 valence electrons. The molecule has 0 spiro atoms. The van der Waals surface area contributed by atoms with Crippen molar-refractivity contribution in [2.45, 2.75) is 13.8 Å². The molecule has 2 rings (SSSR count). The Labute approximate surface area is 124 Å². The molecule has 2 aromatic carbocycles. The molecule has 0 fully saturated rings. The van der Waals surface area contributed by atoms with Crippen LogP contribution in [0.15, 0.2) is 42.5 Å². The predicted molar refractivity (Wildman–Crippen MR) is 82.7 cm³/mol. The van der Waals surface area contributed by atoms with Crippen molar-refractivity contribution < 1.29 is 13.9 Å². The van der Waals surface area contributed by atoms with Gasteiger partial charge in [-0.15, -0.1) is 0 Å². The Morgan fingerprint density at radius 2 is 1.76 bits per heavy atom. The maximum Gasteiger partial charge on any atom is 0.161 e. The molecule has 0 radical (unpaired) electrons. The van der Waals surface area contributed by atoms with Crippen LogP contribution in [-0.2, 0) is 0 Å². The maximum atomic E-state index is 13.6. The smallest absolute Gasteiger partial charge is 0.161 e. The first-order valence-corrected chi connectivity index (χ1v) is 7.05. The first kappa shape index (κ1) is 15.2. The molecule has 0 atom stereocenters. The lowest BCUT2D eigenvalue weighted by Crippen LogP contribution is -2.12. The molecule has 4 heteroatoms. The molecule has 0 heterocycles. The van der Waals surface area contributed by atoms with Crippen molar-refractivity contribution in [3.8, 4) is 11.5 Å². The lowest BCUT2D eigenvalue weighted by Gasteiger charge is -2.12. The number of nitrogens with one attached hydrogen (secondary N) is 1. The number of anilines is 1. The van der Waals surface area contributed by atoms with Gasteiger partial charge in [0.25, 0.3) is 0 Å². The third-order valence-corrected chi connectivity index (χ3v) is 2.95. The van der Waals surface area contributed by atoms with Crippen LogP contribution in [0.3, 0.4) is 0 Å². The summed E-state index contributed by atoms with van der Waals surface area (Å²) in [5, 5.41) is 3.02. The second kappa shape index (κ2) is 7.53.